The van der Waals surface area contributed by atoms with Gasteiger partial charge in [-0.3, -0.25) is 9.88 Å². The average Bonchev–Trinajstić information content (AvgIpc) is 3.30. The van der Waals surface area contributed by atoms with E-state index in [1.807, 2.05) is 24.4 Å². The van der Waals surface area contributed by atoms with Gasteiger partial charge >= 0.3 is 24.3 Å². The number of aromatic nitrogens is 3. The zero-order chi connectivity index (χ0) is 29.9. The molecule has 0 aromatic carbocycles. The van der Waals surface area contributed by atoms with Gasteiger partial charge in [0.05, 0.1) is 36.8 Å². The third kappa shape index (κ3) is 10.7. The molecular formula is C24H30F6N4O6. The molecule has 2 aliphatic heterocycles. The topological polar surface area (TPSA) is 127 Å². The van der Waals surface area contributed by atoms with Gasteiger partial charge < -0.3 is 24.3 Å². The quantitative estimate of drug-likeness (QED) is 0.484. The Morgan fingerprint density at radius 1 is 1.00 bits per heavy atom. The smallest absolute Gasteiger partial charge is 0.475 e. The molecule has 0 saturated carbocycles. The highest BCUT2D eigenvalue weighted by Crippen LogP contribution is 2.28. The van der Waals surface area contributed by atoms with Gasteiger partial charge in [-0.15, -0.1) is 0 Å². The number of carboxylic acids is 2. The van der Waals surface area contributed by atoms with Crippen molar-refractivity contribution in [2.75, 3.05) is 26.3 Å². The fraction of sp³-hybridized carbons (Fsp3) is 0.583. The van der Waals surface area contributed by atoms with Crippen LogP contribution in [0.3, 0.4) is 0 Å². The zero-order valence-electron chi connectivity index (χ0n) is 21.5. The number of ether oxygens (including phenoxy) is 2. The van der Waals surface area contributed by atoms with Gasteiger partial charge in [-0.2, -0.15) is 26.3 Å². The number of fused-ring (bicyclic) bond motifs is 1. The second-order valence-corrected chi connectivity index (χ2v) is 8.91. The lowest BCUT2D eigenvalue weighted by Gasteiger charge is -2.37. The van der Waals surface area contributed by atoms with Gasteiger partial charge in [0.25, 0.3) is 0 Å². The summed E-state index contributed by atoms with van der Waals surface area (Å²) < 4.78 is 77.2. The van der Waals surface area contributed by atoms with E-state index in [2.05, 4.69) is 21.4 Å². The van der Waals surface area contributed by atoms with Crippen molar-refractivity contribution >= 4 is 11.9 Å². The Bertz CT molecular complexity index is 1050. The molecule has 0 bridgehead atoms. The molecule has 0 amide bonds. The Morgan fingerprint density at radius 3 is 2.12 bits per heavy atom. The van der Waals surface area contributed by atoms with Crippen LogP contribution in [0.25, 0.3) is 0 Å². The molecule has 0 spiro atoms. The summed E-state index contributed by atoms with van der Waals surface area (Å²) in [7, 11) is 0. The first-order chi connectivity index (χ1) is 18.7. The van der Waals surface area contributed by atoms with Crippen molar-refractivity contribution in [2.45, 2.75) is 57.9 Å². The number of imidazole rings is 1. The molecule has 0 radical (unpaired) electrons. The Morgan fingerprint density at radius 2 is 1.60 bits per heavy atom. The molecule has 224 valence electrons. The largest absolute Gasteiger partial charge is 0.490 e. The summed E-state index contributed by atoms with van der Waals surface area (Å²) in [5.74, 6) is -3.59. The molecule has 1 saturated heterocycles. The molecule has 2 aromatic rings. The highest BCUT2D eigenvalue weighted by Gasteiger charge is 2.39. The number of aliphatic carboxylic acids is 2. The number of carboxylic acid groups (broad SMARTS) is 2. The number of hydrogen-bond acceptors (Lipinski definition) is 7. The second kappa shape index (κ2) is 14.9. The lowest BCUT2D eigenvalue weighted by atomic mass is 9.98. The molecule has 4 heterocycles. The molecule has 1 unspecified atom stereocenters. The molecule has 40 heavy (non-hydrogen) atoms. The van der Waals surface area contributed by atoms with Crippen LogP contribution in [0, 0.1) is 5.92 Å². The lowest BCUT2D eigenvalue weighted by molar-refractivity contribution is -0.193. The van der Waals surface area contributed by atoms with Crippen LogP contribution < -0.4 is 0 Å². The maximum absolute atomic E-state index is 10.6. The summed E-state index contributed by atoms with van der Waals surface area (Å²) in [6.07, 6.45) is -4.02. The maximum Gasteiger partial charge on any atom is 0.490 e. The van der Waals surface area contributed by atoms with E-state index in [0.29, 0.717) is 19.3 Å². The van der Waals surface area contributed by atoms with E-state index in [1.165, 1.54) is 18.7 Å². The minimum atomic E-state index is -5.08. The molecule has 4 rings (SSSR count). The van der Waals surface area contributed by atoms with Crippen molar-refractivity contribution in [2.24, 2.45) is 5.92 Å². The van der Waals surface area contributed by atoms with E-state index >= 15 is 0 Å². The minimum Gasteiger partial charge on any atom is -0.475 e. The lowest BCUT2D eigenvalue weighted by Crippen LogP contribution is -2.41. The highest BCUT2D eigenvalue weighted by molar-refractivity contribution is 5.73. The first-order valence-electron chi connectivity index (χ1n) is 12.1. The number of halogens is 6. The van der Waals surface area contributed by atoms with Gasteiger partial charge in [0.2, 0.25) is 0 Å². The Labute approximate surface area is 225 Å². The number of nitrogens with zero attached hydrogens (tertiary/aromatic N) is 4. The Hall–Kier alpha value is -3.24. The summed E-state index contributed by atoms with van der Waals surface area (Å²) in [4.78, 5) is 29.4. The third-order valence-corrected chi connectivity index (χ3v) is 6.05. The number of rotatable bonds is 6. The standard InChI is InChI=1S/C20H28N4O2.2C2HF3O2/c1-16-20-22-12-19(15-26-14-18-4-2-3-7-21-18)24(20)9-8-23(16)13-17-5-10-25-11-6-17;2*3-2(4,5)1(6)7/h2-4,7,12,16-17H,5-6,8-11,13-15H2,1H3;2*(H,6,7). The molecule has 10 nitrogen and oxygen atoms in total. The van der Waals surface area contributed by atoms with Crippen LogP contribution >= 0.6 is 0 Å². The van der Waals surface area contributed by atoms with Crippen molar-refractivity contribution in [3.05, 3.63) is 47.8 Å². The van der Waals surface area contributed by atoms with Crippen molar-refractivity contribution in [1.82, 2.24) is 19.4 Å². The maximum atomic E-state index is 10.6. The zero-order valence-corrected chi connectivity index (χ0v) is 21.5. The molecule has 2 aromatic heterocycles. The molecule has 1 atom stereocenters. The van der Waals surface area contributed by atoms with Gasteiger partial charge in [0.1, 0.15) is 5.82 Å². The number of hydrogen-bond donors (Lipinski definition) is 2. The molecule has 0 aliphatic carbocycles. The van der Waals surface area contributed by atoms with E-state index < -0.39 is 24.3 Å². The van der Waals surface area contributed by atoms with Crippen LogP contribution in [0.1, 0.15) is 43.0 Å². The molecule has 2 N–H and O–H groups in total. The Balaban J connectivity index is 0.000000333. The van der Waals surface area contributed by atoms with E-state index in [0.717, 1.165) is 50.2 Å². The van der Waals surface area contributed by atoms with Crippen LogP contribution in [0.2, 0.25) is 0 Å². The molecular weight excluding hydrogens is 554 g/mol. The predicted octanol–water partition coefficient (Wildman–Crippen LogP) is 4.06. The summed E-state index contributed by atoms with van der Waals surface area (Å²) in [6.45, 7) is 8.45. The highest BCUT2D eigenvalue weighted by atomic mass is 19.4. The molecule has 1 fully saturated rings. The summed E-state index contributed by atoms with van der Waals surface area (Å²) in [6, 6.07) is 6.25. The van der Waals surface area contributed by atoms with Gasteiger partial charge in [-0.25, -0.2) is 14.6 Å². The normalized spacial score (nSPS) is 18.0. The summed E-state index contributed by atoms with van der Waals surface area (Å²) in [5, 5.41) is 14.2. The molecule has 16 heteroatoms. The SMILES string of the molecule is CC1c2ncc(COCc3ccccn3)n2CCN1CC1CCOCC1.O=C(O)C(F)(F)F.O=C(O)C(F)(F)F. The van der Waals surface area contributed by atoms with Gasteiger partial charge in [0, 0.05) is 39.0 Å². The first-order valence-corrected chi connectivity index (χ1v) is 12.1. The van der Waals surface area contributed by atoms with Crippen molar-refractivity contribution in [3.63, 3.8) is 0 Å². The number of pyridine rings is 1. The average molecular weight is 585 g/mol. The van der Waals surface area contributed by atoms with Crippen molar-refractivity contribution in [3.8, 4) is 0 Å². The van der Waals surface area contributed by atoms with Gasteiger partial charge in [-0.1, -0.05) is 6.07 Å². The van der Waals surface area contributed by atoms with Crippen LogP contribution in [0.15, 0.2) is 30.6 Å². The van der Waals surface area contributed by atoms with E-state index in [9.17, 15) is 26.3 Å². The predicted molar refractivity (Wildman–Crippen MR) is 126 cm³/mol. The van der Waals surface area contributed by atoms with Crippen LogP contribution in [0.5, 0.6) is 0 Å². The summed E-state index contributed by atoms with van der Waals surface area (Å²) >= 11 is 0. The third-order valence-electron chi connectivity index (χ3n) is 6.05. The molecule has 2 aliphatic rings. The second-order valence-electron chi connectivity index (χ2n) is 8.91. The minimum absolute atomic E-state index is 0.358. The van der Waals surface area contributed by atoms with Crippen LogP contribution in [-0.2, 0) is 38.8 Å². The van der Waals surface area contributed by atoms with Crippen LogP contribution in [-0.4, -0.2) is 80.2 Å². The first kappa shape index (κ1) is 33.0. The van der Waals surface area contributed by atoms with Crippen LogP contribution in [0.4, 0.5) is 26.3 Å². The monoisotopic (exact) mass is 584 g/mol. The van der Waals surface area contributed by atoms with Gasteiger partial charge in [-0.05, 0) is 37.8 Å². The van der Waals surface area contributed by atoms with Crippen molar-refractivity contribution < 1.29 is 55.6 Å². The van der Waals surface area contributed by atoms with E-state index in [4.69, 9.17) is 34.3 Å². The van der Waals surface area contributed by atoms with Crippen molar-refractivity contribution in [1.29, 1.82) is 0 Å². The van der Waals surface area contributed by atoms with E-state index in [1.54, 1.807) is 6.20 Å². The fourth-order valence-electron chi connectivity index (χ4n) is 3.97. The number of alkyl halides is 6. The van der Waals surface area contributed by atoms with E-state index in [-0.39, 0.29) is 0 Å². The fourth-order valence-corrected chi connectivity index (χ4v) is 3.97. The number of carbonyl (C=O) groups is 2. The summed E-state index contributed by atoms with van der Waals surface area (Å²) in [5.41, 5.74) is 2.12. The van der Waals surface area contributed by atoms with Gasteiger partial charge in [0.15, 0.2) is 0 Å². The Kier molecular flexibility index (Phi) is 12.3.